The maximum absolute atomic E-state index is 11.9. The molecule has 0 radical (unpaired) electrons. The number of carbonyl (C=O) groups is 1. The van der Waals surface area contributed by atoms with Gasteiger partial charge in [0, 0.05) is 25.5 Å². The lowest BCUT2D eigenvalue weighted by atomic mass is 10.1. The number of nitrogens with one attached hydrogen (secondary N) is 1. The Labute approximate surface area is 126 Å². The van der Waals surface area contributed by atoms with Crippen LogP contribution in [0.3, 0.4) is 0 Å². The lowest BCUT2D eigenvalue weighted by Crippen LogP contribution is -2.48. The van der Waals surface area contributed by atoms with Gasteiger partial charge in [-0.05, 0) is 28.8 Å². The highest BCUT2D eigenvalue weighted by Gasteiger charge is 2.25. The third-order valence-corrected chi connectivity index (χ3v) is 3.34. The van der Waals surface area contributed by atoms with Gasteiger partial charge in [-0.15, -0.1) is 6.58 Å². The minimum Gasteiger partial charge on any atom is -0.458 e. The Hall–Kier alpha value is -1.63. The number of aromatic nitrogens is 2. The number of hydrogen-bond acceptors (Lipinski definition) is 4. The highest BCUT2D eigenvalue weighted by Crippen LogP contribution is 2.16. The molecule has 2 rings (SSSR count). The molecule has 1 unspecified atom stereocenters. The zero-order valence-corrected chi connectivity index (χ0v) is 12.7. The van der Waals surface area contributed by atoms with E-state index in [1.54, 1.807) is 23.4 Å². The van der Waals surface area contributed by atoms with E-state index in [2.05, 4.69) is 37.8 Å². The molecule has 7 heteroatoms. The number of hydrogen-bond donors (Lipinski definition) is 1. The third-order valence-electron chi connectivity index (χ3n) is 2.93. The van der Waals surface area contributed by atoms with Gasteiger partial charge in [-0.25, -0.2) is 14.8 Å². The van der Waals surface area contributed by atoms with E-state index in [9.17, 15) is 4.79 Å². The Bertz CT molecular complexity index is 466. The summed E-state index contributed by atoms with van der Waals surface area (Å²) in [5.41, 5.74) is 0. The normalized spacial score (nSPS) is 18.4. The highest BCUT2D eigenvalue weighted by atomic mass is 79.9. The Kier molecular flexibility index (Phi) is 5.34. The number of nitrogens with zero attached hydrogens (tertiary/aromatic N) is 3. The predicted molar refractivity (Wildman–Crippen MR) is 78.6 cm³/mol. The molecule has 1 saturated heterocycles. The Morgan fingerprint density at radius 3 is 3.05 bits per heavy atom. The number of carbonyl (C=O) groups excluding carboxylic acids is 1. The molecule has 1 aliphatic heterocycles. The summed E-state index contributed by atoms with van der Waals surface area (Å²) in [6.07, 6.45) is 6.66. The second kappa shape index (κ2) is 7.23. The van der Waals surface area contributed by atoms with Crippen LogP contribution < -0.4 is 10.1 Å². The van der Waals surface area contributed by atoms with E-state index in [-0.39, 0.29) is 12.1 Å². The second-order valence-corrected chi connectivity index (χ2v) is 5.40. The molecule has 0 saturated carbocycles. The molecule has 0 spiro atoms. The topological polar surface area (TPSA) is 67.4 Å². The van der Waals surface area contributed by atoms with Crippen molar-refractivity contribution in [2.24, 2.45) is 0 Å². The molecule has 1 aromatic heterocycles. The van der Waals surface area contributed by atoms with Gasteiger partial charge >= 0.3 is 12.0 Å². The second-order valence-electron chi connectivity index (χ2n) is 4.49. The van der Waals surface area contributed by atoms with E-state index in [0.29, 0.717) is 19.1 Å². The van der Waals surface area contributed by atoms with Crippen LogP contribution in [0.25, 0.3) is 0 Å². The quantitative estimate of drug-likeness (QED) is 0.851. The summed E-state index contributed by atoms with van der Waals surface area (Å²) >= 11 is 3.27. The first-order valence-corrected chi connectivity index (χ1v) is 7.26. The van der Waals surface area contributed by atoms with Crippen LogP contribution in [0.4, 0.5) is 4.79 Å². The first-order valence-electron chi connectivity index (χ1n) is 6.47. The first-order chi connectivity index (χ1) is 9.69. The molecule has 1 aromatic rings. The molecule has 1 aliphatic rings. The van der Waals surface area contributed by atoms with Gasteiger partial charge in [-0.3, -0.25) is 0 Å². The van der Waals surface area contributed by atoms with Crippen LogP contribution in [0, 0.1) is 0 Å². The minimum absolute atomic E-state index is 0.0700. The number of halogens is 1. The summed E-state index contributed by atoms with van der Waals surface area (Å²) < 4.78 is 6.51. The van der Waals surface area contributed by atoms with Crippen molar-refractivity contribution in [1.82, 2.24) is 20.2 Å². The van der Waals surface area contributed by atoms with Gasteiger partial charge in [0.15, 0.2) is 0 Å². The van der Waals surface area contributed by atoms with Crippen LogP contribution >= 0.6 is 15.9 Å². The van der Waals surface area contributed by atoms with Crippen molar-refractivity contribution in [2.75, 3.05) is 19.6 Å². The van der Waals surface area contributed by atoms with Crippen LogP contribution in [-0.4, -0.2) is 46.6 Å². The molecule has 0 aromatic carbocycles. The predicted octanol–water partition coefficient (Wildman–Crippen LogP) is 1.98. The molecule has 108 valence electrons. The average molecular weight is 341 g/mol. The molecule has 0 bridgehead atoms. The lowest BCUT2D eigenvalue weighted by Gasteiger charge is -2.32. The number of urea groups is 1. The Morgan fingerprint density at radius 2 is 2.35 bits per heavy atom. The molecule has 1 N–H and O–H groups in total. The summed E-state index contributed by atoms with van der Waals surface area (Å²) in [4.78, 5) is 21.8. The third kappa shape index (κ3) is 4.19. The summed E-state index contributed by atoms with van der Waals surface area (Å²) in [6, 6.07) is 0.251. The van der Waals surface area contributed by atoms with Gasteiger partial charge in [-0.1, -0.05) is 6.08 Å². The molecule has 0 aliphatic carbocycles. The maximum Gasteiger partial charge on any atom is 0.317 e. The van der Waals surface area contributed by atoms with E-state index in [0.717, 1.165) is 23.9 Å². The van der Waals surface area contributed by atoms with Crippen molar-refractivity contribution in [3.05, 3.63) is 29.5 Å². The van der Waals surface area contributed by atoms with Crippen molar-refractivity contribution in [3.63, 3.8) is 0 Å². The molecule has 6 nitrogen and oxygen atoms in total. The van der Waals surface area contributed by atoms with Gasteiger partial charge in [-0.2, -0.15) is 0 Å². The largest absolute Gasteiger partial charge is 0.458 e. The molecule has 20 heavy (non-hydrogen) atoms. The van der Waals surface area contributed by atoms with Gasteiger partial charge < -0.3 is 15.0 Å². The molecular formula is C13H17BrN4O2. The van der Waals surface area contributed by atoms with Gasteiger partial charge in [0.2, 0.25) is 0 Å². The number of piperidine rings is 1. The standard InChI is InChI=1S/C13H17BrN4O2/c1-2-5-15-13(19)18-6-3-4-11(9-18)20-12-16-7-10(14)8-17-12/h2,7-8,11H,1,3-6,9H2,(H,15,19). The monoisotopic (exact) mass is 340 g/mol. The number of amides is 2. The molecule has 1 atom stereocenters. The Morgan fingerprint density at radius 1 is 1.60 bits per heavy atom. The first kappa shape index (κ1) is 14.8. The highest BCUT2D eigenvalue weighted by molar-refractivity contribution is 9.10. The van der Waals surface area contributed by atoms with Crippen molar-refractivity contribution in [1.29, 1.82) is 0 Å². The van der Waals surface area contributed by atoms with Gasteiger partial charge in [0.25, 0.3) is 0 Å². The van der Waals surface area contributed by atoms with E-state index in [1.807, 2.05) is 0 Å². The zero-order valence-electron chi connectivity index (χ0n) is 11.1. The molecule has 1 fully saturated rings. The van der Waals surface area contributed by atoms with Gasteiger partial charge in [0.1, 0.15) is 6.10 Å². The van der Waals surface area contributed by atoms with Crippen LogP contribution in [0.1, 0.15) is 12.8 Å². The van der Waals surface area contributed by atoms with Crippen LogP contribution in [0.15, 0.2) is 29.5 Å². The van der Waals surface area contributed by atoms with Crippen molar-refractivity contribution >= 4 is 22.0 Å². The van der Waals surface area contributed by atoms with Crippen LogP contribution in [0.2, 0.25) is 0 Å². The van der Waals surface area contributed by atoms with Crippen molar-refractivity contribution in [2.45, 2.75) is 18.9 Å². The SMILES string of the molecule is C=CCNC(=O)N1CCCC(Oc2ncc(Br)cn2)C1. The maximum atomic E-state index is 11.9. The van der Waals surface area contributed by atoms with E-state index >= 15 is 0 Å². The number of likely N-dealkylation sites (tertiary alicyclic amines) is 1. The lowest BCUT2D eigenvalue weighted by molar-refractivity contribution is 0.0942. The summed E-state index contributed by atoms with van der Waals surface area (Å²) in [5, 5.41) is 2.77. The Balaban J connectivity index is 1.88. The summed E-state index contributed by atoms with van der Waals surface area (Å²) in [6.45, 7) is 5.33. The van der Waals surface area contributed by atoms with Crippen molar-refractivity contribution in [3.8, 4) is 6.01 Å². The van der Waals surface area contributed by atoms with E-state index in [4.69, 9.17) is 4.74 Å². The fraction of sp³-hybridized carbons (Fsp3) is 0.462. The van der Waals surface area contributed by atoms with E-state index < -0.39 is 0 Å². The summed E-state index contributed by atoms with van der Waals surface area (Å²) in [7, 11) is 0. The van der Waals surface area contributed by atoms with E-state index in [1.165, 1.54) is 0 Å². The molecular weight excluding hydrogens is 324 g/mol. The van der Waals surface area contributed by atoms with Crippen molar-refractivity contribution < 1.29 is 9.53 Å². The zero-order chi connectivity index (χ0) is 14.4. The number of rotatable bonds is 4. The fourth-order valence-electron chi connectivity index (χ4n) is 2.00. The molecule has 2 amide bonds. The molecule has 2 heterocycles. The van der Waals surface area contributed by atoms with Crippen LogP contribution in [0.5, 0.6) is 6.01 Å². The van der Waals surface area contributed by atoms with Gasteiger partial charge in [0.05, 0.1) is 11.0 Å². The minimum atomic E-state index is -0.0880. The average Bonchev–Trinajstić information content (AvgIpc) is 2.47. The van der Waals surface area contributed by atoms with Crippen LogP contribution in [-0.2, 0) is 0 Å². The summed E-state index contributed by atoms with van der Waals surface area (Å²) in [5.74, 6) is 0. The number of ether oxygens (including phenoxy) is 1. The smallest absolute Gasteiger partial charge is 0.317 e. The fourth-order valence-corrected chi connectivity index (χ4v) is 2.21.